The Morgan fingerprint density at radius 3 is 2.67 bits per heavy atom. The van der Waals surface area contributed by atoms with Crippen molar-refractivity contribution in [3.63, 3.8) is 0 Å². The number of hydrogen-bond donors (Lipinski definition) is 2. The summed E-state index contributed by atoms with van der Waals surface area (Å²) in [6.07, 6.45) is 0. The molecule has 0 radical (unpaired) electrons. The lowest BCUT2D eigenvalue weighted by atomic mass is 10.1. The number of halogens is 1. The zero-order valence-electron chi connectivity index (χ0n) is 10.1. The number of aliphatic carboxylic acids is 1. The highest BCUT2D eigenvalue weighted by molar-refractivity contribution is 6.30. The second-order valence-electron chi connectivity index (χ2n) is 3.78. The SMILES string of the molecule is COCC(NC(=O)c1ccc(Cl)cc1C)C(=O)O. The van der Waals surface area contributed by atoms with Crippen LogP contribution in [0.25, 0.3) is 0 Å². The Labute approximate surface area is 110 Å². The Hall–Kier alpha value is -1.59. The first kappa shape index (κ1) is 14.5. The molecule has 2 N–H and O–H groups in total. The Kier molecular flexibility index (Phi) is 5.12. The smallest absolute Gasteiger partial charge is 0.328 e. The number of carboxylic acids is 1. The lowest BCUT2D eigenvalue weighted by Crippen LogP contribution is -2.44. The maximum absolute atomic E-state index is 11.9. The van der Waals surface area contributed by atoms with Crippen molar-refractivity contribution in [3.8, 4) is 0 Å². The highest BCUT2D eigenvalue weighted by Crippen LogP contribution is 2.15. The van der Waals surface area contributed by atoms with Gasteiger partial charge in [0.15, 0.2) is 6.04 Å². The number of ether oxygens (including phenoxy) is 1. The van der Waals surface area contributed by atoms with Crippen LogP contribution in [0, 0.1) is 6.92 Å². The number of methoxy groups -OCH3 is 1. The van der Waals surface area contributed by atoms with Gasteiger partial charge in [-0.05, 0) is 30.7 Å². The molecule has 0 spiro atoms. The van der Waals surface area contributed by atoms with Gasteiger partial charge in [0.25, 0.3) is 5.91 Å². The van der Waals surface area contributed by atoms with Gasteiger partial charge in [-0.2, -0.15) is 0 Å². The first-order chi connectivity index (χ1) is 8.45. The molecule has 1 rings (SSSR count). The van der Waals surface area contributed by atoms with E-state index in [4.69, 9.17) is 21.4 Å². The molecule has 1 atom stereocenters. The van der Waals surface area contributed by atoms with E-state index in [-0.39, 0.29) is 6.61 Å². The number of carboxylic acid groups (broad SMARTS) is 1. The molecular formula is C12H14ClNO4. The van der Waals surface area contributed by atoms with Crippen LogP contribution in [0.4, 0.5) is 0 Å². The summed E-state index contributed by atoms with van der Waals surface area (Å²) >= 11 is 5.78. The summed E-state index contributed by atoms with van der Waals surface area (Å²) in [5, 5.41) is 11.8. The van der Waals surface area contributed by atoms with Crippen LogP contribution in [0.2, 0.25) is 5.02 Å². The zero-order chi connectivity index (χ0) is 13.7. The molecule has 1 aromatic rings. The summed E-state index contributed by atoms with van der Waals surface area (Å²) in [4.78, 5) is 22.8. The Morgan fingerprint density at radius 1 is 1.50 bits per heavy atom. The fourth-order valence-electron chi connectivity index (χ4n) is 1.46. The first-order valence-electron chi connectivity index (χ1n) is 5.24. The average molecular weight is 272 g/mol. The van der Waals surface area contributed by atoms with Gasteiger partial charge in [-0.1, -0.05) is 11.6 Å². The average Bonchev–Trinajstić information content (AvgIpc) is 2.27. The van der Waals surface area contributed by atoms with E-state index >= 15 is 0 Å². The fraction of sp³-hybridized carbons (Fsp3) is 0.333. The van der Waals surface area contributed by atoms with Crippen molar-refractivity contribution in [2.24, 2.45) is 0 Å². The topological polar surface area (TPSA) is 75.6 Å². The number of rotatable bonds is 5. The van der Waals surface area contributed by atoms with Crippen LogP contribution in [0.5, 0.6) is 0 Å². The van der Waals surface area contributed by atoms with Crippen LogP contribution in [0.1, 0.15) is 15.9 Å². The Bertz CT molecular complexity index is 461. The van der Waals surface area contributed by atoms with E-state index in [9.17, 15) is 9.59 Å². The molecule has 0 aliphatic rings. The highest BCUT2D eigenvalue weighted by Gasteiger charge is 2.21. The molecular weight excluding hydrogens is 258 g/mol. The predicted octanol–water partition coefficient (Wildman–Crippen LogP) is 1.48. The Balaban J connectivity index is 2.83. The van der Waals surface area contributed by atoms with Crippen molar-refractivity contribution < 1.29 is 19.4 Å². The lowest BCUT2D eigenvalue weighted by Gasteiger charge is -2.14. The number of amides is 1. The van der Waals surface area contributed by atoms with Gasteiger partial charge < -0.3 is 15.2 Å². The molecule has 0 saturated heterocycles. The van der Waals surface area contributed by atoms with Crippen molar-refractivity contribution >= 4 is 23.5 Å². The van der Waals surface area contributed by atoms with Gasteiger partial charge >= 0.3 is 5.97 Å². The molecule has 1 amide bonds. The van der Waals surface area contributed by atoms with Crippen molar-refractivity contribution in [1.82, 2.24) is 5.32 Å². The van der Waals surface area contributed by atoms with Crippen molar-refractivity contribution in [2.45, 2.75) is 13.0 Å². The largest absolute Gasteiger partial charge is 0.480 e. The third-order valence-corrected chi connectivity index (χ3v) is 2.60. The number of carbonyl (C=O) groups is 2. The number of benzene rings is 1. The van der Waals surface area contributed by atoms with Crippen LogP contribution < -0.4 is 5.32 Å². The van der Waals surface area contributed by atoms with Crippen LogP contribution in [-0.2, 0) is 9.53 Å². The molecule has 5 nitrogen and oxygen atoms in total. The number of carbonyl (C=O) groups excluding carboxylic acids is 1. The molecule has 0 aliphatic heterocycles. The van der Waals surface area contributed by atoms with Crippen LogP contribution in [0.3, 0.4) is 0 Å². The third-order valence-electron chi connectivity index (χ3n) is 2.37. The molecule has 1 aromatic carbocycles. The standard InChI is InChI=1S/C12H14ClNO4/c1-7-5-8(13)3-4-9(7)11(15)14-10(6-18-2)12(16)17/h3-5,10H,6H2,1-2H3,(H,14,15)(H,16,17). The number of hydrogen-bond acceptors (Lipinski definition) is 3. The molecule has 0 heterocycles. The molecule has 0 saturated carbocycles. The molecule has 18 heavy (non-hydrogen) atoms. The molecule has 0 aliphatic carbocycles. The number of nitrogens with one attached hydrogen (secondary N) is 1. The van der Waals surface area contributed by atoms with Crippen molar-refractivity contribution in [3.05, 3.63) is 34.3 Å². The van der Waals surface area contributed by atoms with Gasteiger partial charge in [0, 0.05) is 17.7 Å². The van der Waals surface area contributed by atoms with Crippen LogP contribution >= 0.6 is 11.6 Å². The monoisotopic (exact) mass is 271 g/mol. The van der Waals surface area contributed by atoms with Gasteiger partial charge in [0.05, 0.1) is 6.61 Å². The maximum Gasteiger partial charge on any atom is 0.328 e. The summed E-state index contributed by atoms with van der Waals surface area (Å²) in [6, 6.07) is 3.70. The van der Waals surface area contributed by atoms with E-state index in [1.165, 1.54) is 7.11 Å². The normalized spacial score (nSPS) is 11.9. The van der Waals surface area contributed by atoms with Crippen LogP contribution in [-0.4, -0.2) is 36.7 Å². The van der Waals surface area contributed by atoms with E-state index < -0.39 is 17.9 Å². The molecule has 0 fully saturated rings. The van der Waals surface area contributed by atoms with E-state index in [1.54, 1.807) is 25.1 Å². The van der Waals surface area contributed by atoms with Crippen molar-refractivity contribution in [1.29, 1.82) is 0 Å². The summed E-state index contributed by atoms with van der Waals surface area (Å²) in [6.45, 7) is 1.64. The summed E-state index contributed by atoms with van der Waals surface area (Å²) in [5.41, 5.74) is 1.07. The van der Waals surface area contributed by atoms with Gasteiger partial charge in [-0.3, -0.25) is 4.79 Å². The first-order valence-corrected chi connectivity index (χ1v) is 5.62. The molecule has 0 aromatic heterocycles. The lowest BCUT2D eigenvalue weighted by molar-refractivity contribution is -0.140. The predicted molar refractivity (Wildman–Crippen MR) is 67.0 cm³/mol. The zero-order valence-corrected chi connectivity index (χ0v) is 10.8. The maximum atomic E-state index is 11.9. The molecule has 1 unspecified atom stereocenters. The Morgan fingerprint density at radius 2 is 2.17 bits per heavy atom. The van der Waals surface area contributed by atoms with Gasteiger partial charge in [0.2, 0.25) is 0 Å². The van der Waals surface area contributed by atoms with Gasteiger partial charge in [-0.25, -0.2) is 4.79 Å². The molecule has 98 valence electrons. The third kappa shape index (κ3) is 3.72. The van der Waals surface area contributed by atoms with E-state index in [2.05, 4.69) is 5.32 Å². The summed E-state index contributed by atoms with van der Waals surface area (Å²) in [7, 11) is 1.37. The second kappa shape index (κ2) is 6.37. The highest BCUT2D eigenvalue weighted by atomic mass is 35.5. The van der Waals surface area contributed by atoms with E-state index in [1.807, 2.05) is 0 Å². The summed E-state index contributed by atoms with van der Waals surface area (Å²) < 4.78 is 4.73. The minimum atomic E-state index is -1.14. The van der Waals surface area contributed by atoms with Crippen LogP contribution in [0.15, 0.2) is 18.2 Å². The quantitative estimate of drug-likeness (QED) is 0.850. The minimum absolute atomic E-state index is 0.0896. The molecule has 0 bridgehead atoms. The van der Waals surface area contributed by atoms with E-state index in [0.717, 1.165) is 0 Å². The van der Waals surface area contributed by atoms with Crippen molar-refractivity contribution in [2.75, 3.05) is 13.7 Å². The summed E-state index contributed by atoms with van der Waals surface area (Å²) in [5.74, 6) is -1.61. The number of aryl methyl sites for hydroxylation is 1. The van der Waals surface area contributed by atoms with Gasteiger partial charge in [-0.15, -0.1) is 0 Å². The van der Waals surface area contributed by atoms with Gasteiger partial charge in [0.1, 0.15) is 0 Å². The second-order valence-corrected chi connectivity index (χ2v) is 4.22. The minimum Gasteiger partial charge on any atom is -0.480 e. The molecule has 6 heteroatoms. The fourth-order valence-corrected chi connectivity index (χ4v) is 1.69. The van der Waals surface area contributed by atoms with E-state index in [0.29, 0.717) is 16.1 Å².